The predicted octanol–water partition coefficient (Wildman–Crippen LogP) is 0.782. The van der Waals surface area contributed by atoms with Crippen molar-refractivity contribution in [2.24, 2.45) is 5.73 Å². The molecule has 0 bridgehead atoms. The van der Waals surface area contributed by atoms with E-state index in [4.69, 9.17) is 15.3 Å². The van der Waals surface area contributed by atoms with Crippen molar-refractivity contribution in [2.75, 3.05) is 0 Å². The summed E-state index contributed by atoms with van der Waals surface area (Å²) in [6.45, 7) is 0. The lowest BCUT2D eigenvalue weighted by molar-refractivity contribution is -0.138. The zero-order valence-electron chi connectivity index (χ0n) is 7.88. The van der Waals surface area contributed by atoms with Gasteiger partial charge in [-0.25, -0.2) is 0 Å². The Labute approximate surface area is 85.5 Å². The van der Waals surface area contributed by atoms with E-state index in [2.05, 4.69) is 4.98 Å². The Morgan fingerprint density at radius 3 is 3.13 bits per heavy atom. The van der Waals surface area contributed by atoms with E-state index in [0.29, 0.717) is 16.9 Å². The largest absolute Gasteiger partial charge is 0.480 e. The molecule has 0 saturated heterocycles. The Morgan fingerprint density at radius 1 is 1.67 bits per heavy atom. The molecule has 0 aliphatic carbocycles. The average Bonchev–Trinajstić information content (AvgIpc) is 2.59. The highest BCUT2D eigenvalue weighted by molar-refractivity contribution is 5.75. The van der Waals surface area contributed by atoms with Crippen molar-refractivity contribution >= 4 is 17.1 Å². The minimum Gasteiger partial charge on any atom is -0.480 e. The maximum Gasteiger partial charge on any atom is 0.320 e. The number of carboxylic acid groups (broad SMARTS) is 1. The van der Waals surface area contributed by atoms with E-state index >= 15 is 0 Å². The normalized spacial score (nSPS) is 12.9. The van der Waals surface area contributed by atoms with Crippen molar-refractivity contribution in [3.63, 3.8) is 0 Å². The number of carbonyl (C=O) groups is 1. The fourth-order valence-corrected chi connectivity index (χ4v) is 1.33. The van der Waals surface area contributed by atoms with Crippen LogP contribution in [0, 0.1) is 0 Å². The van der Waals surface area contributed by atoms with Gasteiger partial charge in [-0.15, -0.1) is 0 Å². The molecule has 5 nitrogen and oxygen atoms in total. The molecule has 0 aromatic carbocycles. The molecule has 0 aliphatic heterocycles. The minimum absolute atomic E-state index is 0.172. The number of aromatic nitrogens is 1. The summed E-state index contributed by atoms with van der Waals surface area (Å²) in [7, 11) is 0. The molecular formula is C10H10N2O3. The molecule has 2 aromatic heterocycles. The van der Waals surface area contributed by atoms with Gasteiger partial charge in [-0.3, -0.25) is 9.78 Å². The molecule has 1 unspecified atom stereocenters. The molecule has 3 N–H and O–H groups in total. The highest BCUT2D eigenvalue weighted by Crippen LogP contribution is 2.17. The second-order valence-electron chi connectivity index (χ2n) is 3.25. The van der Waals surface area contributed by atoms with Gasteiger partial charge in [0.25, 0.3) is 0 Å². The number of carboxylic acids is 1. The molecular weight excluding hydrogens is 196 g/mol. The molecule has 0 saturated carbocycles. The highest BCUT2D eigenvalue weighted by Gasteiger charge is 2.15. The lowest BCUT2D eigenvalue weighted by Crippen LogP contribution is -2.32. The van der Waals surface area contributed by atoms with Crippen LogP contribution in [-0.2, 0) is 11.2 Å². The first-order valence-corrected chi connectivity index (χ1v) is 4.48. The molecule has 5 heteroatoms. The molecule has 0 radical (unpaired) electrons. The van der Waals surface area contributed by atoms with Crippen LogP contribution in [0.25, 0.3) is 11.1 Å². The minimum atomic E-state index is -1.04. The second-order valence-corrected chi connectivity index (χ2v) is 3.25. The summed E-state index contributed by atoms with van der Waals surface area (Å²) in [6, 6.07) is 4.30. The van der Waals surface area contributed by atoms with Gasteiger partial charge in [-0.05, 0) is 12.1 Å². The molecule has 0 spiro atoms. The number of nitrogens with zero attached hydrogens (tertiary/aromatic N) is 1. The average molecular weight is 206 g/mol. The molecule has 15 heavy (non-hydrogen) atoms. The number of aliphatic carboxylic acids is 1. The smallest absolute Gasteiger partial charge is 0.320 e. The van der Waals surface area contributed by atoms with Crippen LogP contribution in [0.3, 0.4) is 0 Å². The fourth-order valence-electron chi connectivity index (χ4n) is 1.33. The number of hydrogen-bond acceptors (Lipinski definition) is 4. The molecule has 2 heterocycles. The van der Waals surface area contributed by atoms with Crippen LogP contribution in [0.4, 0.5) is 0 Å². The number of nitrogens with two attached hydrogens (primary N) is 1. The van der Waals surface area contributed by atoms with Gasteiger partial charge in [-0.2, -0.15) is 0 Å². The number of furan rings is 1. The number of hydrogen-bond donors (Lipinski definition) is 2. The van der Waals surface area contributed by atoms with Gasteiger partial charge in [0.15, 0.2) is 5.58 Å². The lowest BCUT2D eigenvalue weighted by Gasteiger charge is -2.01. The van der Waals surface area contributed by atoms with E-state index < -0.39 is 12.0 Å². The Morgan fingerprint density at radius 2 is 2.47 bits per heavy atom. The van der Waals surface area contributed by atoms with Crippen LogP contribution in [-0.4, -0.2) is 22.1 Å². The van der Waals surface area contributed by atoms with Crippen LogP contribution in [0.1, 0.15) is 5.76 Å². The summed E-state index contributed by atoms with van der Waals surface area (Å²) in [5, 5.41) is 8.64. The third kappa shape index (κ3) is 1.97. The van der Waals surface area contributed by atoms with Gasteiger partial charge in [0.2, 0.25) is 0 Å². The predicted molar refractivity (Wildman–Crippen MR) is 53.3 cm³/mol. The number of rotatable bonds is 3. The van der Waals surface area contributed by atoms with Gasteiger partial charge in [0, 0.05) is 18.7 Å². The molecule has 0 fully saturated rings. The van der Waals surface area contributed by atoms with Gasteiger partial charge >= 0.3 is 5.97 Å². The Kier molecular flexibility index (Phi) is 2.39. The lowest BCUT2D eigenvalue weighted by atomic mass is 10.2. The fraction of sp³-hybridized carbons (Fsp3) is 0.200. The summed E-state index contributed by atoms with van der Waals surface area (Å²) in [6.07, 6.45) is 1.82. The Balaban J connectivity index is 2.26. The van der Waals surface area contributed by atoms with Gasteiger partial charge in [0.1, 0.15) is 17.3 Å². The first-order chi connectivity index (χ1) is 7.16. The molecule has 78 valence electrons. The topological polar surface area (TPSA) is 89.4 Å². The summed E-state index contributed by atoms with van der Waals surface area (Å²) in [5.74, 6) is -0.498. The Bertz CT molecular complexity index is 459. The van der Waals surface area contributed by atoms with Crippen molar-refractivity contribution in [3.05, 3.63) is 30.2 Å². The molecule has 2 aromatic rings. The summed E-state index contributed by atoms with van der Waals surface area (Å²) >= 11 is 0. The zero-order chi connectivity index (χ0) is 10.8. The SMILES string of the molecule is NC(Cc1cc2ncccc2o1)C(=O)O. The van der Waals surface area contributed by atoms with E-state index in [1.807, 2.05) is 0 Å². The number of fused-ring (bicyclic) bond motifs is 1. The van der Waals surface area contributed by atoms with Crippen molar-refractivity contribution in [2.45, 2.75) is 12.5 Å². The number of pyridine rings is 1. The first kappa shape index (κ1) is 9.67. The molecule has 0 amide bonds. The van der Waals surface area contributed by atoms with E-state index in [-0.39, 0.29) is 6.42 Å². The van der Waals surface area contributed by atoms with E-state index in [0.717, 1.165) is 0 Å². The monoisotopic (exact) mass is 206 g/mol. The third-order valence-corrected chi connectivity index (χ3v) is 2.08. The third-order valence-electron chi connectivity index (χ3n) is 2.08. The summed E-state index contributed by atoms with van der Waals surface area (Å²) < 4.78 is 5.38. The summed E-state index contributed by atoms with van der Waals surface area (Å²) in [4.78, 5) is 14.6. The second kappa shape index (κ2) is 3.70. The summed E-state index contributed by atoms with van der Waals surface area (Å²) in [5.41, 5.74) is 6.75. The van der Waals surface area contributed by atoms with Crippen molar-refractivity contribution in [1.29, 1.82) is 0 Å². The van der Waals surface area contributed by atoms with E-state index in [9.17, 15) is 4.79 Å². The van der Waals surface area contributed by atoms with Crippen LogP contribution >= 0.6 is 0 Å². The molecule has 0 aliphatic rings. The van der Waals surface area contributed by atoms with Crippen LogP contribution in [0.15, 0.2) is 28.8 Å². The van der Waals surface area contributed by atoms with Gasteiger partial charge in [0.05, 0.1) is 0 Å². The molecule has 1 atom stereocenters. The quantitative estimate of drug-likeness (QED) is 0.774. The van der Waals surface area contributed by atoms with Crippen LogP contribution in [0.5, 0.6) is 0 Å². The van der Waals surface area contributed by atoms with Crippen molar-refractivity contribution < 1.29 is 14.3 Å². The van der Waals surface area contributed by atoms with Crippen LogP contribution < -0.4 is 5.73 Å². The van der Waals surface area contributed by atoms with E-state index in [1.165, 1.54) is 0 Å². The highest BCUT2D eigenvalue weighted by atomic mass is 16.4. The zero-order valence-corrected chi connectivity index (χ0v) is 7.88. The van der Waals surface area contributed by atoms with E-state index in [1.54, 1.807) is 24.4 Å². The Hall–Kier alpha value is -1.88. The van der Waals surface area contributed by atoms with Gasteiger partial charge < -0.3 is 15.3 Å². The first-order valence-electron chi connectivity index (χ1n) is 4.48. The van der Waals surface area contributed by atoms with Gasteiger partial charge in [-0.1, -0.05) is 0 Å². The van der Waals surface area contributed by atoms with Crippen molar-refractivity contribution in [1.82, 2.24) is 4.98 Å². The van der Waals surface area contributed by atoms with Crippen LogP contribution in [0.2, 0.25) is 0 Å². The van der Waals surface area contributed by atoms with Crippen molar-refractivity contribution in [3.8, 4) is 0 Å². The maximum absolute atomic E-state index is 10.5. The maximum atomic E-state index is 10.5. The molecule has 2 rings (SSSR count). The standard InChI is InChI=1S/C10H10N2O3/c11-7(10(13)14)4-6-5-8-9(15-6)2-1-3-12-8/h1-3,5,7H,4,11H2,(H,13,14).